The van der Waals surface area contributed by atoms with Crippen LogP contribution in [0.25, 0.3) is 6.08 Å². The Morgan fingerprint density at radius 2 is 2.00 bits per heavy atom. The Labute approximate surface area is 191 Å². The highest BCUT2D eigenvalue weighted by Crippen LogP contribution is 2.35. The normalized spacial score (nSPS) is 14.4. The molecule has 2 heterocycles. The fourth-order valence-corrected chi connectivity index (χ4v) is 3.65. The summed E-state index contributed by atoms with van der Waals surface area (Å²) >= 11 is 2.05. The van der Waals surface area contributed by atoms with Gasteiger partial charge in [-0.2, -0.15) is 0 Å². The summed E-state index contributed by atoms with van der Waals surface area (Å²) in [6, 6.07) is 13.9. The highest BCUT2D eigenvalue weighted by Gasteiger charge is 2.26. The van der Waals surface area contributed by atoms with Crippen LogP contribution in [0.2, 0.25) is 0 Å². The second kappa shape index (κ2) is 8.76. The van der Waals surface area contributed by atoms with Gasteiger partial charge in [-0.25, -0.2) is 14.6 Å². The smallest absolute Gasteiger partial charge is 0.363 e. The third-order valence-corrected chi connectivity index (χ3v) is 5.16. The van der Waals surface area contributed by atoms with Crippen LogP contribution in [-0.4, -0.2) is 24.9 Å². The number of esters is 2. The summed E-state index contributed by atoms with van der Waals surface area (Å²) in [5.74, 6) is 0.0363. The maximum Gasteiger partial charge on any atom is 0.363 e. The number of carbonyl (C=O) groups excluding carboxylic acids is 2. The van der Waals surface area contributed by atoms with Crippen molar-refractivity contribution in [3.63, 3.8) is 0 Å². The zero-order chi connectivity index (χ0) is 22.0. The summed E-state index contributed by atoms with van der Waals surface area (Å²) in [7, 11) is 1.48. The summed E-state index contributed by atoms with van der Waals surface area (Å²) < 4.78 is 22.0. The Morgan fingerprint density at radius 3 is 2.71 bits per heavy atom. The molecule has 156 valence electrons. The van der Waals surface area contributed by atoms with Crippen LogP contribution in [0.4, 0.5) is 0 Å². The number of cyclic esters (lactones) is 1. The first-order valence-corrected chi connectivity index (χ1v) is 10.3. The van der Waals surface area contributed by atoms with E-state index in [4.69, 9.17) is 18.6 Å². The highest BCUT2D eigenvalue weighted by atomic mass is 127. The van der Waals surface area contributed by atoms with Crippen molar-refractivity contribution in [3.8, 4) is 11.5 Å². The molecule has 7 nitrogen and oxygen atoms in total. The van der Waals surface area contributed by atoms with Crippen molar-refractivity contribution in [2.45, 2.75) is 6.92 Å². The number of nitrogens with zero attached hydrogens (tertiary/aromatic N) is 1. The lowest BCUT2D eigenvalue weighted by atomic mass is 10.1. The Kier molecular flexibility index (Phi) is 5.90. The Bertz CT molecular complexity index is 1230. The highest BCUT2D eigenvalue weighted by molar-refractivity contribution is 14.1. The minimum atomic E-state index is -0.588. The Hall–Kier alpha value is -3.40. The molecule has 1 aliphatic heterocycles. The number of aliphatic imine (C=N–C) groups is 1. The van der Waals surface area contributed by atoms with Gasteiger partial charge in [0.15, 0.2) is 23.0 Å². The molecule has 8 heteroatoms. The summed E-state index contributed by atoms with van der Waals surface area (Å²) in [4.78, 5) is 28.9. The molecule has 0 saturated heterocycles. The number of hydrogen-bond donors (Lipinski definition) is 0. The molecule has 0 bridgehead atoms. The second-order valence-corrected chi connectivity index (χ2v) is 7.77. The van der Waals surface area contributed by atoms with Crippen LogP contribution in [-0.2, 0) is 9.53 Å². The quantitative estimate of drug-likeness (QED) is 0.205. The lowest BCUT2D eigenvalue weighted by molar-refractivity contribution is -0.130. The summed E-state index contributed by atoms with van der Waals surface area (Å²) in [6.07, 6.45) is 3.03. The molecule has 0 unspecified atom stereocenters. The van der Waals surface area contributed by atoms with Crippen molar-refractivity contribution < 1.29 is 28.2 Å². The monoisotopic (exact) mass is 529 g/mol. The van der Waals surface area contributed by atoms with Gasteiger partial charge in [0.1, 0.15) is 0 Å². The van der Waals surface area contributed by atoms with Gasteiger partial charge in [0.2, 0.25) is 0 Å². The van der Waals surface area contributed by atoms with E-state index in [1.807, 2.05) is 35.6 Å². The number of carbonyl (C=O) groups is 2. The molecular formula is C23H16INO6. The summed E-state index contributed by atoms with van der Waals surface area (Å²) in [6.45, 7) is 1.90. The Balaban J connectivity index is 1.63. The number of hydrogen-bond acceptors (Lipinski definition) is 7. The molecule has 4 rings (SSSR count). The maximum atomic E-state index is 12.6. The number of benzene rings is 2. The third kappa shape index (κ3) is 4.53. The fraction of sp³-hybridized carbons (Fsp3) is 0.0870. The number of ether oxygens (including phenoxy) is 3. The minimum absolute atomic E-state index is 0.103. The molecule has 0 fully saturated rings. The fourth-order valence-electron chi connectivity index (χ4n) is 2.92. The standard InChI is InChI=1S/C23H16INO6/c1-13-5-3-6-15(9-13)22(26)30-20-16(24)10-14(12-19(20)28-2)11-17-23(27)31-21(25-17)18-7-4-8-29-18/h3-12H,1-2H3/b17-11-. The molecule has 0 spiro atoms. The van der Waals surface area contributed by atoms with Gasteiger partial charge < -0.3 is 18.6 Å². The van der Waals surface area contributed by atoms with Gasteiger partial charge in [-0.05, 0) is 77.6 Å². The number of furan rings is 1. The molecule has 0 radical (unpaired) electrons. The Morgan fingerprint density at radius 1 is 1.16 bits per heavy atom. The summed E-state index contributed by atoms with van der Waals surface area (Å²) in [5, 5.41) is 0. The van der Waals surface area contributed by atoms with Crippen molar-refractivity contribution in [3.05, 3.63) is 86.5 Å². The predicted octanol–water partition coefficient (Wildman–Crippen LogP) is 4.76. The van der Waals surface area contributed by atoms with Gasteiger partial charge >= 0.3 is 11.9 Å². The van der Waals surface area contributed by atoms with Gasteiger partial charge in [0.25, 0.3) is 5.90 Å². The molecule has 3 aromatic rings. The molecule has 2 aromatic carbocycles. The number of methoxy groups -OCH3 is 1. The van der Waals surface area contributed by atoms with E-state index in [1.165, 1.54) is 13.4 Å². The predicted molar refractivity (Wildman–Crippen MR) is 121 cm³/mol. The number of rotatable bonds is 5. The first kappa shape index (κ1) is 20.9. The largest absolute Gasteiger partial charge is 0.493 e. The molecule has 0 amide bonds. The van der Waals surface area contributed by atoms with Crippen molar-refractivity contribution in [1.82, 2.24) is 0 Å². The lowest BCUT2D eigenvalue weighted by Gasteiger charge is -2.12. The van der Waals surface area contributed by atoms with Gasteiger partial charge in [-0.1, -0.05) is 17.7 Å². The average molecular weight is 529 g/mol. The van der Waals surface area contributed by atoms with Crippen LogP contribution in [0.5, 0.6) is 11.5 Å². The number of halogens is 1. The van der Waals surface area contributed by atoms with Crippen LogP contribution in [0.3, 0.4) is 0 Å². The molecule has 31 heavy (non-hydrogen) atoms. The topological polar surface area (TPSA) is 87.3 Å². The van der Waals surface area contributed by atoms with Gasteiger partial charge in [0.05, 0.1) is 22.5 Å². The van der Waals surface area contributed by atoms with Gasteiger partial charge in [-0.15, -0.1) is 0 Å². The lowest BCUT2D eigenvalue weighted by Crippen LogP contribution is -2.10. The van der Waals surface area contributed by atoms with Crippen LogP contribution in [0.1, 0.15) is 27.2 Å². The van der Waals surface area contributed by atoms with Crippen molar-refractivity contribution in [2.75, 3.05) is 7.11 Å². The third-order valence-electron chi connectivity index (χ3n) is 4.36. The molecule has 0 N–H and O–H groups in total. The average Bonchev–Trinajstić information content (AvgIpc) is 3.40. The SMILES string of the molecule is COc1cc(/C=C2\N=C(c3ccco3)OC2=O)cc(I)c1OC(=O)c1cccc(C)c1. The number of aryl methyl sites for hydroxylation is 1. The molecule has 1 aromatic heterocycles. The first-order valence-electron chi connectivity index (χ1n) is 9.17. The van der Waals surface area contributed by atoms with E-state index in [0.717, 1.165) is 5.56 Å². The first-order chi connectivity index (χ1) is 14.9. The van der Waals surface area contributed by atoms with E-state index in [9.17, 15) is 9.59 Å². The van der Waals surface area contributed by atoms with Crippen molar-refractivity contribution in [1.29, 1.82) is 0 Å². The van der Waals surface area contributed by atoms with E-state index >= 15 is 0 Å². The van der Waals surface area contributed by atoms with Gasteiger partial charge in [0, 0.05) is 0 Å². The van der Waals surface area contributed by atoms with E-state index in [-0.39, 0.29) is 11.6 Å². The second-order valence-electron chi connectivity index (χ2n) is 6.61. The van der Waals surface area contributed by atoms with Crippen molar-refractivity contribution >= 4 is 46.5 Å². The molecule has 0 atom stereocenters. The van der Waals surface area contributed by atoms with E-state index in [0.29, 0.717) is 32.0 Å². The zero-order valence-electron chi connectivity index (χ0n) is 16.5. The molecule has 1 aliphatic rings. The van der Waals surface area contributed by atoms with Crippen LogP contribution >= 0.6 is 22.6 Å². The maximum absolute atomic E-state index is 12.6. The van der Waals surface area contributed by atoms with Crippen LogP contribution in [0, 0.1) is 10.5 Å². The van der Waals surface area contributed by atoms with E-state index < -0.39 is 11.9 Å². The van der Waals surface area contributed by atoms with Crippen LogP contribution in [0.15, 0.2) is 69.9 Å². The van der Waals surface area contributed by atoms with E-state index in [1.54, 1.807) is 48.5 Å². The molecule has 0 saturated carbocycles. The van der Waals surface area contributed by atoms with Crippen LogP contribution < -0.4 is 9.47 Å². The summed E-state index contributed by atoms with van der Waals surface area (Å²) in [5.41, 5.74) is 2.15. The van der Waals surface area contributed by atoms with Gasteiger partial charge in [-0.3, -0.25) is 0 Å². The molecule has 0 aliphatic carbocycles. The van der Waals surface area contributed by atoms with Crippen molar-refractivity contribution in [2.24, 2.45) is 4.99 Å². The van der Waals surface area contributed by atoms with E-state index in [2.05, 4.69) is 4.99 Å². The minimum Gasteiger partial charge on any atom is -0.493 e. The molecular weight excluding hydrogens is 513 g/mol. The zero-order valence-corrected chi connectivity index (χ0v) is 18.7.